The molecule has 1 aliphatic carbocycles. The summed E-state index contributed by atoms with van der Waals surface area (Å²) in [6.45, 7) is 2.64. The number of rotatable bonds is 1. The van der Waals surface area contributed by atoms with E-state index in [1.165, 1.54) is 0 Å². The summed E-state index contributed by atoms with van der Waals surface area (Å²) in [5.41, 5.74) is 6.44. The molecule has 1 aliphatic heterocycles. The van der Waals surface area contributed by atoms with Gasteiger partial charge in [0.2, 0.25) is 0 Å². The maximum atomic E-state index is 12.2. The van der Waals surface area contributed by atoms with Gasteiger partial charge in [0.25, 0.3) is 0 Å². The lowest BCUT2D eigenvalue weighted by Crippen LogP contribution is -2.52. The summed E-state index contributed by atoms with van der Waals surface area (Å²) in [6, 6.07) is 18.6. The molecular weight excluding hydrogens is 322 g/mol. The number of benzene rings is 2. The summed E-state index contributed by atoms with van der Waals surface area (Å²) in [5, 5.41) is 21.6. The molecule has 0 N–H and O–H groups in total. The summed E-state index contributed by atoms with van der Waals surface area (Å²) >= 11 is 0. The van der Waals surface area contributed by atoms with E-state index in [2.05, 4.69) is 41.3 Å². The topological polar surface area (TPSA) is 50.1 Å². The van der Waals surface area contributed by atoms with Crippen molar-refractivity contribution < 1.29 is 4.65 Å². The lowest BCUT2D eigenvalue weighted by Gasteiger charge is -2.46. The number of hydroxylamine groups is 3. The predicted octanol–water partition coefficient (Wildman–Crippen LogP) is 3.71. The van der Waals surface area contributed by atoms with E-state index in [0.717, 1.165) is 46.6 Å². The third-order valence-electron chi connectivity index (χ3n) is 5.27. The van der Waals surface area contributed by atoms with Crippen LogP contribution in [-0.4, -0.2) is 42.8 Å². The van der Waals surface area contributed by atoms with E-state index in [1.807, 2.05) is 24.3 Å². The third-order valence-corrected chi connectivity index (χ3v) is 5.27. The summed E-state index contributed by atoms with van der Waals surface area (Å²) in [4.78, 5) is 2.31. The van der Waals surface area contributed by atoms with Crippen LogP contribution >= 0.6 is 0 Å². The second-order valence-electron chi connectivity index (χ2n) is 7.08. The van der Waals surface area contributed by atoms with Gasteiger partial charge in [-0.15, -0.1) is 0 Å². The zero-order valence-corrected chi connectivity index (χ0v) is 14.9. The standard InChI is InChI=1S/C22H21N3O/c1-25(26)14-12-24(13-15-25)22-16-17-6-2-3-7-18(17)20(10-11-23)19-8-4-5-9-21(19)22/h2-10,16H,12-15H2,1H3/b20-10-. The van der Waals surface area contributed by atoms with Gasteiger partial charge < -0.3 is 14.8 Å². The monoisotopic (exact) mass is 343 g/mol. The van der Waals surface area contributed by atoms with E-state index in [1.54, 1.807) is 13.1 Å². The highest BCUT2D eigenvalue weighted by molar-refractivity contribution is 5.98. The van der Waals surface area contributed by atoms with Crippen molar-refractivity contribution in [3.05, 3.63) is 82.1 Å². The van der Waals surface area contributed by atoms with Crippen molar-refractivity contribution in [3.8, 4) is 6.07 Å². The number of fused-ring (bicyclic) bond motifs is 2. The molecule has 26 heavy (non-hydrogen) atoms. The fraction of sp³-hybridized carbons (Fsp3) is 0.227. The molecule has 2 aliphatic rings. The Labute approximate surface area is 154 Å². The summed E-state index contributed by atoms with van der Waals surface area (Å²) in [6.07, 6.45) is 3.84. The molecular formula is C22H21N3O. The molecule has 0 unspecified atom stereocenters. The highest BCUT2D eigenvalue weighted by Gasteiger charge is 2.27. The number of quaternary nitrogens is 1. The van der Waals surface area contributed by atoms with E-state index in [9.17, 15) is 10.5 Å². The maximum absolute atomic E-state index is 12.2. The Balaban J connectivity index is 1.89. The van der Waals surface area contributed by atoms with E-state index in [-0.39, 0.29) is 4.65 Å². The quantitative estimate of drug-likeness (QED) is 0.450. The van der Waals surface area contributed by atoms with Gasteiger partial charge in [-0.3, -0.25) is 0 Å². The van der Waals surface area contributed by atoms with Crippen LogP contribution in [0.4, 0.5) is 0 Å². The molecule has 1 saturated heterocycles. The minimum atomic E-state index is -0.179. The van der Waals surface area contributed by atoms with Gasteiger partial charge in [-0.2, -0.15) is 5.26 Å². The average molecular weight is 343 g/mol. The van der Waals surface area contributed by atoms with Crippen molar-refractivity contribution in [2.75, 3.05) is 33.2 Å². The second-order valence-corrected chi connectivity index (χ2v) is 7.08. The highest BCUT2D eigenvalue weighted by Crippen LogP contribution is 2.38. The van der Waals surface area contributed by atoms with Crippen LogP contribution in [0.5, 0.6) is 0 Å². The van der Waals surface area contributed by atoms with Crippen molar-refractivity contribution in [1.29, 1.82) is 5.26 Å². The molecule has 0 saturated carbocycles. The Morgan fingerprint density at radius 2 is 1.62 bits per heavy atom. The van der Waals surface area contributed by atoms with Crippen LogP contribution in [0.25, 0.3) is 17.3 Å². The van der Waals surface area contributed by atoms with Crippen LogP contribution in [0, 0.1) is 16.5 Å². The first-order valence-corrected chi connectivity index (χ1v) is 8.90. The number of likely N-dealkylation sites (N-methyl/N-ethyl adjacent to an activating group) is 1. The molecule has 2 aromatic carbocycles. The summed E-state index contributed by atoms with van der Waals surface area (Å²) < 4.78 is -0.179. The Bertz CT molecular complexity index is 940. The van der Waals surface area contributed by atoms with Gasteiger partial charge in [-0.05, 0) is 22.8 Å². The molecule has 4 rings (SSSR count). The Kier molecular flexibility index (Phi) is 4.12. The maximum Gasteiger partial charge on any atom is 0.0960 e. The molecule has 0 spiro atoms. The molecule has 130 valence electrons. The largest absolute Gasteiger partial charge is 0.633 e. The molecule has 1 fully saturated rings. The van der Waals surface area contributed by atoms with Gasteiger partial charge in [0.15, 0.2) is 0 Å². The van der Waals surface area contributed by atoms with E-state index in [4.69, 9.17) is 0 Å². The zero-order chi connectivity index (χ0) is 18.1. The molecule has 0 atom stereocenters. The number of allylic oxidation sites excluding steroid dienone is 1. The van der Waals surface area contributed by atoms with Gasteiger partial charge in [-0.1, -0.05) is 48.5 Å². The van der Waals surface area contributed by atoms with Gasteiger partial charge in [0, 0.05) is 22.9 Å². The molecule has 0 bridgehead atoms. The van der Waals surface area contributed by atoms with Crippen molar-refractivity contribution >= 4 is 17.3 Å². The molecule has 4 heteroatoms. The van der Waals surface area contributed by atoms with Crippen LogP contribution in [0.3, 0.4) is 0 Å². The van der Waals surface area contributed by atoms with Crippen LogP contribution in [0.2, 0.25) is 0 Å². The Morgan fingerprint density at radius 1 is 1.00 bits per heavy atom. The normalized spacial score (nSPS) is 19.8. The summed E-state index contributed by atoms with van der Waals surface area (Å²) in [5.74, 6) is 0. The summed E-state index contributed by atoms with van der Waals surface area (Å²) in [7, 11) is 1.75. The Morgan fingerprint density at radius 3 is 2.31 bits per heavy atom. The lowest BCUT2D eigenvalue weighted by molar-refractivity contribution is -0.864. The number of nitriles is 1. The molecule has 0 aromatic heterocycles. The first-order valence-electron chi connectivity index (χ1n) is 8.90. The van der Waals surface area contributed by atoms with Crippen molar-refractivity contribution in [1.82, 2.24) is 4.90 Å². The predicted molar refractivity (Wildman–Crippen MR) is 104 cm³/mol. The first-order chi connectivity index (χ1) is 12.6. The molecule has 0 amide bonds. The number of hydrogen-bond donors (Lipinski definition) is 0. The average Bonchev–Trinajstić information content (AvgIpc) is 2.78. The molecule has 0 radical (unpaired) electrons. The lowest BCUT2D eigenvalue weighted by atomic mass is 9.93. The van der Waals surface area contributed by atoms with Crippen LogP contribution < -0.4 is 0 Å². The fourth-order valence-corrected chi connectivity index (χ4v) is 3.79. The smallest absolute Gasteiger partial charge is 0.0960 e. The van der Waals surface area contributed by atoms with E-state index in [0.29, 0.717) is 13.1 Å². The van der Waals surface area contributed by atoms with Gasteiger partial charge in [0.1, 0.15) is 0 Å². The van der Waals surface area contributed by atoms with E-state index < -0.39 is 0 Å². The SMILES string of the molecule is C[N+]1([O-])CCN(C2=Cc3ccccc3/C(=C/C#N)c3ccccc32)CC1. The fourth-order valence-electron chi connectivity index (χ4n) is 3.79. The van der Waals surface area contributed by atoms with Gasteiger partial charge in [-0.25, -0.2) is 0 Å². The second kappa shape index (κ2) is 6.45. The minimum Gasteiger partial charge on any atom is -0.633 e. The van der Waals surface area contributed by atoms with Crippen LogP contribution in [-0.2, 0) is 0 Å². The highest BCUT2D eigenvalue weighted by atomic mass is 16.5. The Hall–Kier alpha value is -2.87. The minimum absolute atomic E-state index is 0.179. The van der Waals surface area contributed by atoms with Crippen LogP contribution in [0.15, 0.2) is 54.6 Å². The van der Waals surface area contributed by atoms with Gasteiger partial charge in [0.05, 0.1) is 39.3 Å². The van der Waals surface area contributed by atoms with Crippen molar-refractivity contribution in [2.24, 2.45) is 0 Å². The third kappa shape index (κ3) is 2.92. The number of piperazine rings is 1. The molecule has 2 aromatic rings. The molecule has 4 nitrogen and oxygen atoms in total. The number of nitrogens with zero attached hydrogens (tertiary/aromatic N) is 3. The zero-order valence-electron chi connectivity index (χ0n) is 14.9. The van der Waals surface area contributed by atoms with Crippen molar-refractivity contribution in [3.63, 3.8) is 0 Å². The van der Waals surface area contributed by atoms with Gasteiger partial charge >= 0.3 is 0 Å². The van der Waals surface area contributed by atoms with Crippen molar-refractivity contribution in [2.45, 2.75) is 0 Å². The van der Waals surface area contributed by atoms with Crippen LogP contribution in [0.1, 0.15) is 22.3 Å². The molecule has 1 heterocycles. The first kappa shape index (κ1) is 16.6. The van der Waals surface area contributed by atoms with E-state index >= 15 is 0 Å². The number of hydrogen-bond acceptors (Lipinski definition) is 3.